The van der Waals surface area contributed by atoms with Gasteiger partial charge in [0.05, 0.1) is 0 Å². The van der Waals surface area contributed by atoms with Crippen molar-refractivity contribution < 1.29 is 30.6 Å². The van der Waals surface area contributed by atoms with Gasteiger partial charge in [0.25, 0.3) is 0 Å². The second-order valence-electron chi connectivity index (χ2n) is 2.85. The Morgan fingerprint density at radius 1 is 0.714 bits per heavy atom. The van der Waals surface area contributed by atoms with Crippen LogP contribution in [-0.4, -0.2) is 55.1 Å². The topological polar surface area (TPSA) is 121 Å². The van der Waals surface area contributed by atoms with E-state index in [-0.39, 0.29) is 0 Å². The molecule has 14 heavy (non-hydrogen) atoms. The Labute approximate surface area is 80.7 Å². The summed E-state index contributed by atoms with van der Waals surface area (Å²) in [7, 11) is 0. The minimum atomic E-state index is -1.87. The molecule has 0 aliphatic carbocycles. The standard InChI is InChI=1S/C8H14O6/c1-3(9)5(11)7(13)8(14)6(12)4(2)10/h5-14H,1-2H2/t5-,6+,7-,8-/m1/s1. The van der Waals surface area contributed by atoms with E-state index in [1.807, 2.05) is 0 Å². The van der Waals surface area contributed by atoms with Crippen molar-refractivity contribution in [2.24, 2.45) is 0 Å². The molecule has 0 bridgehead atoms. The van der Waals surface area contributed by atoms with Gasteiger partial charge >= 0.3 is 0 Å². The van der Waals surface area contributed by atoms with Gasteiger partial charge in [-0.2, -0.15) is 0 Å². The third-order valence-corrected chi connectivity index (χ3v) is 1.68. The van der Waals surface area contributed by atoms with Crippen molar-refractivity contribution in [1.82, 2.24) is 0 Å². The molecule has 0 spiro atoms. The Morgan fingerprint density at radius 3 is 1.07 bits per heavy atom. The highest BCUT2D eigenvalue weighted by Crippen LogP contribution is 2.12. The molecule has 0 fully saturated rings. The van der Waals surface area contributed by atoms with Crippen LogP contribution in [0.5, 0.6) is 0 Å². The summed E-state index contributed by atoms with van der Waals surface area (Å²) in [6, 6.07) is 0. The molecule has 0 radical (unpaired) electrons. The Balaban J connectivity index is 4.45. The van der Waals surface area contributed by atoms with Gasteiger partial charge in [-0.05, 0) is 0 Å². The summed E-state index contributed by atoms with van der Waals surface area (Å²) in [5.41, 5.74) is 0. The van der Waals surface area contributed by atoms with Crippen molar-refractivity contribution in [3.8, 4) is 0 Å². The van der Waals surface area contributed by atoms with Gasteiger partial charge < -0.3 is 30.6 Å². The van der Waals surface area contributed by atoms with Crippen LogP contribution in [0.1, 0.15) is 0 Å². The zero-order chi connectivity index (χ0) is 11.5. The third kappa shape index (κ3) is 3.00. The van der Waals surface area contributed by atoms with Crippen LogP contribution in [0.3, 0.4) is 0 Å². The molecule has 6 nitrogen and oxygen atoms in total. The van der Waals surface area contributed by atoms with Crippen LogP contribution >= 0.6 is 0 Å². The van der Waals surface area contributed by atoms with Gasteiger partial charge in [-0.25, -0.2) is 0 Å². The maximum Gasteiger partial charge on any atom is 0.139 e. The minimum absolute atomic E-state index is 0.757. The minimum Gasteiger partial charge on any atom is -0.510 e. The SMILES string of the molecule is C=C(O)[C@@H](O)[C@@H](O)[C@H](O)[C@@H](O)C(=C)O. The molecule has 6 N–H and O–H groups in total. The number of aliphatic hydroxyl groups excluding tert-OH is 6. The van der Waals surface area contributed by atoms with Gasteiger partial charge in [0.2, 0.25) is 0 Å². The summed E-state index contributed by atoms with van der Waals surface area (Å²) in [5, 5.41) is 53.7. The van der Waals surface area contributed by atoms with Crippen molar-refractivity contribution in [2.75, 3.05) is 0 Å². The molecule has 6 heteroatoms. The first-order valence-corrected chi connectivity index (χ1v) is 3.76. The second-order valence-corrected chi connectivity index (χ2v) is 2.85. The lowest BCUT2D eigenvalue weighted by Gasteiger charge is -2.25. The Kier molecular flexibility index (Phi) is 4.58. The first kappa shape index (κ1) is 12.9. The smallest absolute Gasteiger partial charge is 0.139 e. The average Bonchev–Trinajstić information content (AvgIpc) is 2.12. The summed E-state index contributed by atoms with van der Waals surface area (Å²) in [5.74, 6) is -1.51. The van der Waals surface area contributed by atoms with Crippen molar-refractivity contribution in [1.29, 1.82) is 0 Å². The normalized spacial score (nSPS) is 19.4. The molecular formula is C8H14O6. The highest BCUT2D eigenvalue weighted by Gasteiger charge is 2.33. The van der Waals surface area contributed by atoms with Gasteiger partial charge in [-0.1, -0.05) is 13.2 Å². The van der Waals surface area contributed by atoms with E-state index in [0.717, 1.165) is 0 Å². The highest BCUT2D eigenvalue weighted by atomic mass is 16.4. The number of hydrogen-bond acceptors (Lipinski definition) is 6. The Morgan fingerprint density at radius 2 is 0.929 bits per heavy atom. The summed E-state index contributed by atoms with van der Waals surface area (Å²) in [4.78, 5) is 0. The molecule has 0 aliphatic rings. The maximum atomic E-state index is 9.14. The highest BCUT2D eigenvalue weighted by molar-refractivity contribution is 5.02. The molecule has 0 saturated heterocycles. The molecule has 0 aromatic heterocycles. The molecule has 0 aromatic carbocycles. The van der Waals surface area contributed by atoms with Crippen molar-refractivity contribution in [3.05, 3.63) is 24.7 Å². The quantitative estimate of drug-likeness (QED) is 0.307. The van der Waals surface area contributed by atoms with Crippen LogP contribution in [0.2, 0.25) is 0 Å². The van der Waals surface area contributed by atoms with Gasteiger partial charge in [0, 0.05) is 0 Å². The summed E-state index contributed by atoms with van der Waals surface area (Å²) in [6.45, 7) is 5.86. The van der Waals surface area contributed by atoms with Crippen LogP contribution in [0, 0.1) is 0 Å². The van der Waals surface area contributed by atoms with Crippen LogP contribution in [-0.2, 0) is 0 Å². The van der Waals surface area contributed by atoms with E-state index >= 15 is 0 Å². The molecule has 0 unspecified atom stereocenters. The molecule has 0 amide bonds. The van der Waals surface area contributed by atoms with Crippen molar-refractivity contribution in [3.63, 3.8) is 0 Å². The van der Waals surface area contributed by atoms with E-state index in [1.165, 1.54) is 0 Å². The summed E-state index contributed by atoms with van der Waals surface area (Å²) >= 11 is 0. The average molecular weight is 206 g/mol. The van der Waals surface area contributed by atoms with Crippen molar-refractivity contribution >= 4 is 0 Å². The first-order chi connectivity index (χ1) is 6.29. The third-order valence-electron chi connectivity index (χ3n) is 1.68. The van der Waals surface area contributed by atoms with Crippen LogP contribution < -0.4 is 0 Å². The molecule has 4 atom stereocenters. The lowest BCUT2D eigenvalue weighted by molar-refractivity contribution is -0.100. The lowest BCUT2D eigenvalue weighted by atomic mass is 10.0. The van der Waals surface area contributed by atoms with E-state index in [2.05, 4.69) is 13.2 Å². The second kappa shape index (κ2) is 4.97. The largest absolute Gasteiger partial charge is 0.510 e. The van der Waals surface area contributed by atoms with Crippen molar-refractivity contribution in [2.45, 2.75) is 24.4 Å². The molecule has 82 valence electrons. The predicted octanol–water partition coefficient (Wildman–Crippen LogP) is -1.43. The fourth-order valence-electron chi connectivity index (χ4n) is 0.768. The number of hydrogen-bond donors (Lipinski definition) is 6. The molecular weight excluding hydrogens is 192 g/mol. The summed E-state index contributed by atoms with van der Waals surface area (Å²) < 4.78 is 0. The zero-order valence-corrected chi connectivity index (χ0v) is 7.41. The predicted molar refractivity (Wildman–Crippen MR) is 47.6 cm³/mol. The van der Waals surface area contributed by atoms with E-state index in [0.29, 0.717) is 0 Å². The fourth-order valence-corrected chi connectivity index (χ4v) is 0.768. The van der Waals surface area contributed by atoms with Gasteiger partial charge in [-0.3, -0.25) is 0 Å². The monoisotopic (exact) mass is 206 g/mol. The van der Waals surface area contributed by atoms with Gasteiger partial charge in [0.1, 0.15) is 35.9 Å². The number of aliphatic hydroxyl groups is 6. The fraction of sp³-hybridized carbons (Fsp3) is 0.500. The van der Waals surface area contributed by atoms with E-state index in [4.69, 9.17) is 30.6 Å². The molecule has 0 heterocycles. The molecule has 0 aliphatic heterocycles. The molecule has 0 rings (SSSR count). The van der Waals surface area contributed by atoms with Crippen LogP contribution in [0.4, 0.5) is 0 Å². The maximum absolute atomic E-state index is 9.14. The molecule has 0 aromatic rings. The number of rotatable bonds is 5. The Hall–Kier alpha value is -1.08. The van der Waals surface area contributed by atoms with Gasteiger partial charge in [-0.15, -0.1) is 0 Å². The van der Waals surface area contributed by atoms with E-state index in [9.17, 15) is 0 Å². The lowest BCUT2D eigenvalue weighted by Crippen LogP contribution is -2.45. The summed E-state index contributed by atoms with van der Waals surface area (Å²) in [6.07, 6.45) is -7.35. The Bertz CT molecular complexity index is 202. The van der Waals surface area contributed by atoms with Gasteiger partial charge in [0.15, 0.2) is 0 Å². The zero-order valence-electron chi connectivity index (χ0n) is 7.41. The molecule has 0 saturated carbocycles. The van der Waals surface area contributed by atoms with E-state index < -0.39 is 35.9 Å². The first-order valence-electron chi connectivity index (χ1n) is 3.76. The van der Waals surface area contributed by atoms with Crippen LogP contribution in [0.15, 0.2) is 24.7 Å². The van der Waals surface area contributed by atoms with Crippen LogP contribution in [0.25, 0.3) is 0 Å². The van der Waals surface area contributed by atoms with E-state index in [1.54, 1.807) is 0 Å².